The number of carbonyl (C=O) groups excluding carboxylic acids is 2. The van der Waals surface area contributed by atoms with Gasteiger partial charge in [-0.15, -0.1) is 0 Å². The first-order valence-electron chi connectivity index (χ1n) is 7.81. The standard InChI is InChI=1S/C18H14BrFN2O3/c19-13-8-11-10-22(15(11)9-14(13)20)17(24)18(25)6-7-21(16(18)23)12-4-2-1-3-5-12/h1-5,8-9,25H,6-7,10H2/t18-/m1/s1. The molecule has 128 valence electrons. The zero-order chi connectivity index (χ0) is 17.8. The number of halogens is 2. The van der Waals surface area contributed by atoms with E-state index in [9.17, 15) is 19.1 Å². The van der Waals surface area contributed by atoms with E-state index in [2.05, 4.69) is 15.9 Å². The Morgan fingerprint density at radius 3 is 2.68 bits per heavy atom. The van der Waals surface area contributed by atoms with E-state index in [1.54, 1.807) is 30.3 Å². The fourth-order valence-electron chi connectivity index (χ4n) is 3.28. The van der Waals surface area contributed by atoms with Crippen LogP contribution in [0.25, 0.3) is 0 Å². The number of nitrogens with zero attached hydrogens (tertiary/aromatic N) is 2. The Balaban J connectivity index is 1.60. The Hall–Kier alpha value is -2.25. The average molecular weight is 405 g/mol. The molecule has 2 heterocycles. The number of aliphatic hydroxyl groups is 1. The van der Waals surface area contributed by atoms with Crippen LogP contribution in [0.3, 0.4) is 0 Å². The molecule has 2 aliphatic heterocycles. The molecule has 4 rings (SSSR count). The minimum absolute atomic E-state index is 0.00437. The predicted octanol–water partition coefficient (Wildman–Crippen LogP) is 2.60. The normalized spacial score (nSPS) is 22.0. The van der Waals surface area contributed by atoms with E-state index in [0.29, 0.717) is 15.8 Å². The Morgan fingerprint density at radius 1 is 1.24 bits per heavy atom. The highest BCUT2D eigenvalue weighted by molar-refractivity contribution is 9.10. The number of hydrogen-bond donors (Lipinski definition) is 1. The van der Waals surface area contributed by atoms with Gasteiger partial charge in [0.2, 0.25) is 5.60 Å². The summed E-state index contributed by atoms with van der Waals surface area (Å²) >= 11 is 3.10. The van der Waals surface area contributed by atoms with Crippen LogP contribution in [-0.4, -0.2) is 29.1 Å². The molecule has 0 spiro atoms. The fourth-order valence-corrected chi connectivity index (χ4v) is 3.67. The molecule has 0 bridgehead atoms. The van der Waals surface area contributed by atoms with Crippen molar-refractivity contribution in [2.24, 2.45) is 0 Å². The molecule has 1 fully saturated rings. The topological polar surface area (TPSA) is 60.9 Å². The summed E-state index contributed by atoms with van der Waals surface area (Å²) in [4.78, 5) is 28.1. The number of rotatable bonds is 2. The second kappa shape index (κ2) is 5.64. The summed E-state index contributed by atoms with van der Waals surface area (Å²) in [5.41, 5.74) is -0.298. The number of benzene rings is 2. The summed E-state index contributed by atoms with van der Waals surface area (Å²) < 4.78 is 14.1. The largest absolute Gasteiger partial charge is 0.372 e. The summed E-state index contributed by atoms with van der Waals surface area (Å²) in [5.74, 6) is -1.84. The first kappa shape index (κ1) is 16.2. The van der Waals surface area contributed by atoms with Crippen LogP contribution < -0.4 is 9.80 Å². The molecule has 5 nitrogen and oxygen atoms in total. The Labute approximate surface area is 151 Å². The number of fused-ring (bicyclic) bond motifs is 1. The van der Waals surface area contributed by atoms with E-state index in [1.165, 1.54) is 15.9 Å². The summed E-state index contributed by atoms with van der Waals surface area (Å²) in [5, 5.41) is 10.8. The molecule has 1 N–H and O–H groups in total. The van der Waals surface area contributed by atoms with Gasteiger partial charge in [0.15, 0.2) is 0 Å². The maximum absolute atomic E-state index is 13.7. The van der Waals surface area contributed by atoms with Gasteiger partial charge in [-0.25, -0.2) is 4.39 Å². The van der Waals surface area contributed by atoms with Gasteiger partial charge in [-0.05, 0) is 45.8 Å². The van der Waals surface area contributed by atoms with Gasteiger partial charge in [-0.2, -0.15) is 0 Å². The SMILES string of the molecule is O=C1N(c2ccccc2)CC[C@]1(O)C(=O)N1Cc2cc(Br)c(F)cc21. The second-order valence-electron chi connectivity index (χ2n) is 6.19. The maximum atomic E-state index is 13.7. The number of anilines is 2. The molecule has 7 heteroatoms. The van der Waals surface area contributed by atoms with Crippen molar-refractivity contribution >= 4 is 39.1 Å². The van der Waals surface area contributed by atoms with Crippen LogP contribution in [0.5, 0.6) is 0 Å². The molecule has 25 heavy (non-hydrogen) atoms. The number of para-hydroxylation sites is 1. The zero-order valence-corrected chi connectivity index (χ0v) is 14.7. The van der Waals surface area contributed by atoms with Crippen LogP contribution in [0.4, 0.5) is 15.8 Å². The molecule has 0 aromatic heterocycles. The monoisotopic (exact) mass is 404 g/mol. The fraction of sp³-hybridized carbons (Fsp3) is 0.222. The van der Waals surface area contributed by atoms with Gasteiger partial charge in [0.1, 0.15) is 5.82 Å². The molecule has 0 unspecified atom stereocenters. The molecule has 2 aromatic rings. The van der Waals surface area contributed by atoms with Gasteiger partial charge in [0, 0.05) is 18.7 Å². The second-order valence-corrected chi connectivity index (χ2v) is 7.04. The molecule has 0 saturated carbocycles. The number of carbonyl (C=O) groups is 2. The lowest BCUT2D eigenvalue weighted by Crippen LogP contribution is -2.56. The molecular formula is C18H14BrFN2O3. The van der Waals surface area contributed by atoms with Crippen LogP contribution >= 0.6 is 15.9 Å². The summed E-state index contributed by atoms with van der Waals surface area (Å²) in [7, 11) is 0. The molecule has 0 aliphatic carbocycles. The lowest BCUT2D eigenvalue weighted by molar-refractivity contribution is -0.147. The van der Waals surface area contributed by atoms with Crippen molar-refractivity contribution in [1.29, 1.82) is 0 Å². The molecule has 1 saturated heterocycles. The van der Waals surface area contributed by atoms with Crippen molar-refractivity contribution in [2.45, 2.75) is 18.6 Å². The third-order valence-corrected chi connectivity index (χ3v) is 5.31. The van der Waals surface area contributed by atoms with Crippen molar-refractivity contribution in [3.63, 3.8) is 0 Å². The first-order valence-corrected chi connectivity index (χ1v) is 8.60. The Bertz CT molecular complexity index is 889. The third-order valence-electron chi connectivity index (χ3n) is 4.70. The molecule has 2 amide bonds. The first-order chi connectivity index (χ1) is 11.9. The maximum Gasteiger partial charge on any atom is 0.269 e. The third kappa shape index (κ3) is 2.38. The van der Waals surface area contributed by atoms with Crippen LogP contribution in [0, 0.1) is 5.82 Å². The molecule has 0 radical (unpaired) electrons. The summed E-state index contributed by atoms with van der Waals surface area (Å²) in [6.07, 6.45) is 0.00437. The summed E-state index contributed by atoms with van der Waals surface area (Å²) in [6.45, 7) is 0.495. The minimum atomic E-state index is -2.11. The van der Waals surface area contributed by atoms with Crippen molar-refractivity contribution in [1.82, 2.24) is 0 Å². The van der Waals surface area contributed by atoms with E-state index in [0.717, 1.165) is 5.56 Å². The van der Waals surface area contributed by atoms with E-state index in [1.807, 2.05) is 6.07 Å². The smallest absolute Gasteiger partial charge is 0.269 e. The van der Waals surface area contributed by atoms with Crippen molar-refractivity contribution < 1.29 is 19.1 Å². The lowest BCUT2D eigenvalue weighted by atomic mass is 9.95. The van der Waals surface area contributed by atoms with Gasteiger partial charge < -0.3 is 14.9 Å². The van der Waals surface area contributed by atoms with Gasteiger partial charge in [-0.1, -0.05) is 18.2 Å². The van der Waals surface area contributed by atoms with Crippen LogP contribution in [0.1, 0.15) is 12.0 Å². The van der Waals surface area contributed by atoms with Gasteiger partial charge in [0.25, 0.3) is 11.8 Å². The van der Waals surface area contributed by atoms with Crippen molar-refractivity contribution in [3.8, 4) is 0 Å². The van der Waals surface area contributed by atoms with E-state index in [-0.39, 0.29) is 19.5 Å². The molecular weight excluding hydrogens is 391 g/mol. The minimum Gasteiger partial charge on any atom is -0.372 e. The van der Waals surface area contributed by atoms with Gasteiger partial charge >= 0.3 is 0 Å². The Kier molecular flexibility index (Phi) is 3.66. The number of hydrogen-bond acceptors (Lipinski definition) is 3. The highest BCUT2D eigenvalue weighted by Crippen LogP contribution is 2.40. The van der Waals surface area contributed by atoms with E-state index in [4.69, 9.17) is 0 Å². The van der Waals surface area contributed by atoms with Gasteiger partial charge in [-0.3, -0.25) is 9.59 Å². The molecule has 1 atom stereocenters. The van der Waals surface area contributed by atoms with Crippen LogP contribution in [0.2, 0.25) is 0 Å². The lowest BCUT2D eigenvalue weighted by Gasteiger charge is -2.38. The molecule has 2 aromatic carbocycles. The van der Waals surface area contributed by atoms with E-state index >= 15 is 0 Å². The summed E-state index contributed by atoms with van der Waals surface area (Å²) in [6, 6.07) is 11.7. The quantitative estimate of drug-likeness (QED) is 0.782. The molecule has 2 aliphatic rings. The highest BCUT2D eigenvalue weighted by atomic mass is 79.9. The van der Waals surface area contributed by atoms with Crippen LogP contribution in [0.15, 0.2) is 46.9 Å². The number of amides is 2. The van der Waals surface area contributed by atoms with Crippen molar-refractivity contribution in [2.75, 3.05) is 16.3 Å². The predicted molar refractivity (Wildman–Crippen MR) is 93.7 cm³/mol. The average Bonchev–Trinajstić information content (AvgIpc) is 2.91. The van der Waals surface area contributed by atoms with Crippen molar-refractivity contribution in [3.05, 3.63) is 58.3 Å². The van der Waals surface area contributed by atoms with Crippen LogP contribution in [-0.2, 0) is 16.1 Å². The van der Waals surface area contributed by atoms with Gasteiger partial charge in [0.05, 0.1) is 16.7 Å². The zero-order valence-electron chi connectivity index (χ0n) is 13.1. The van der Waals surface area contributed by atoms with E-state index < -0.39 is 23.2 Å². The Morgan fingerprint density at radius 2 is 1.96 bits per heavy atom. The highest BCUT2D eigenvalue weighted by Gasteiger charge is 2.54.